The van der Waals surface area contributed by atoms with Crippen LogP contribution in [0, 0.1) is 0 Å². The third kappa shape index (κ3) is 3.86. The minimum Gasteiger partial charge on any atom is -0.464 e. The molecule has 0 saturated carbocycles. The fourth-order valence-corrected chi connectivity index (χ4v) is 1.89. The highest BCUT2D eigenvalue weighted by atomic mass is 16.6. The molecule has 2 rings (SSSR count). The van der Waals surface area contributed by atoms with E-state index in [4.69, 9.17) is 9.84 Å². The summed E-state index contributed by atoms with van der Waals surface area (Å²) in [7, 11) is 0. The molecular formula is C13H17N3O4. The quantitative estimate of drug-likeness (QED) is 0.848. The molecule has 1 aromatic carbocycles. The van der Waals surface area contributed by atoms with Crippen molar-refractivity contribution >= 4 is 12.2 Å². The predicted octanol–water partition coefficient (Wildman–Crippen LogP) is 1.12. The lowest BCUT2D eigenvalue weighted by Crippen LogP contribution is -2.42. The molecular weight excluding hydrogens is 262 g/mol. The highest BCUT2D eigenvalue weighted by Gasteiger charge is 2.22. The summed E-state index contributed by atoms with van der Waals surface area (Å²) < 4.78 is 5.21. The molecule has 2 amide bonds. The molecule has 1 aromatic rings. The van der Waals surface area contributed by atoms with E-state index < -0.39 is 12.2 Å². The molecule has 0 radical (unpaired) electrons. The molecule has 0 unspecified atom stereocenters. The third-order valence-electron chi connectivity index (χ3n) is 2.97. The highest BCUT2D eigenvalue weighted by molar-refractivity contribution is 5.68. The lowest BCUT2D eigenvalue weighted by atomic mass is 10.2. The summed E-state index contributed by atoms with van der Waals surface area (Å²) in [4.78, 5) is 24.2. The Bertz CT molecular complexity index is 466. The van der Waals surface area contributed by atoms with Gasteiger partial charge in [-0.15, -0.1) is 0 Å². The van der Waals surface area contributed by atoms with Crippen LogP contribution in [0.2, 0.25) is 0 Å². The maximum atomic E-state index is 11.9. The van der Waals surface area contributed by atoms with Gasteiger partial charge in [-0.3, -0.25) is 0 Å². The number of ether oxygens (including phenoxy) is 1. The molecule has 0 aliphatic carbocycles. The first-order valence-corrected chi connectivity index (χ1v) is 6.36. The molecule has 1 fully saturated rings. The average molecular weight is 279 g/mol. The zero-order valence-corrected chi connectivity index (χ0v) is 11.0. The molecule has 0 aromatic heterocycles. The molecule has 7 heteroatoms. The summed E-state index contributed by atoms with van der Waals surface area (Å²) in [5, 5.41) is 9.94. The average Bonchev–Trinajstić information content (AvgIpc) is 2.72. The predicted molar refractivity (Wildman–Crippen MR) is 70.9 cm³/mol. The van der Waals surface area contributed by atoms with Gasteiger partial charge in [-0.25, -0.2) is 20.0 Å². The monoisotopic (exact) mass is 279 g/mol. The van der Waals surface area contributed by atoms with E-state index in [9.17, 15) is 9.59 Å². The molecule has 2 N–H and O–H groups in total. The number of hydrogen-bond donors (Lipinski definition) is 2. The Balaban J connectivity index is 1.82. The molecule has 1 aliphatic rings. The fourth-order valence-electron chi connectivity index (χ4n) is 1.89. The lowest BCUT2D eigenvalue weighted by molar-refractivity contribution is 0.0965. The van der Waals surface area contributed by atoms with Gasteiger partial charge in [0.1, 0.15) is 6.61 Å². The summed E-state index contributed by atoms with van der Waals surface area (Å²) in [5.41, 5.74) is 3.64. The standard InChI is InChI=1S/C13H17N3O4/c17-12(18)16-9-8-15(7-6-14-16)13(19)20-10-11-4-2-1-3-5-11/h1-5,14H,6-10H2,(H,17,18). The number of benzene rings is 1. The van der Waals surface area contributed by atoms with E-state index in [0.29, 0.717) is 19.6 Å². The maximum Gasteiger partial charge on any atom is 0.421 e. The molecule has 0 spiro atoms. The molecule has 20 heavy (non-hydrogen) atoms. The van der Waals surface area contributed by atoms with Crippen molar-refractivity contribution in [2.24, 2.45) is 0 Å². The first-order chi connectivity index (χ1) is 9.66. The second kappa shape index (κ2) is 6.76. The van der Waals surface area contributed by atoms with Crippen molar-refractivity contribution in [1.82, 2.24) is 15.3 Å². The summed E-state index contributed by atoms with van der Waals surface area (Å²) in [6.07, 6.45) is -1.48. The van der Waals surface area contributed by atoms with Gasteiger partial charge in [0, 0.05) is 19.6 Å². The van der Waals surface area contributed by atoms with E-state index in [2.05, 4.69) is 5.43 Å². The molecule has 108 valence electrons. The van der Waals surface area contributed by atoms with Crippen LogP contribution in [-0.2, 0) is 11.3 Å². The summed E-state index contributed by atoms with van der Waals surface area (Å²) in [6.45, 7) is 1.54. The minimum absolute atomic E-state index is 0.215. The van der Waals surface area contributed by atoms with E-state index in [1.165, 1.54) is 4.90 Å². The smallest absolute Gasteiger partial charge is 0.421 e. The number of carbonyl (C=O) groups excluding carboxylic acids is 1. The Morgan fingerprint density at radius 1 is 1.20 bits per heavy atom. The van der Waals surface area contributed by atoms with Crippen molar-refractivity contribution in [2.45, 2.75) is 6.61 Å². The lowest BCUT2D eigenvalue weighted by Gasteiger charge is -2.19. The van der Waals surface area contributed by atoms with Gasteiger partial charge >= 0.3 is 12.2 Å². The number of carboxylic acid groups (broad SMARTS) is 1. The molecule has 7 nitrogen and oxygen atoms in total. The van der Waals surface area contributed by atoms with Gasteiger partial charge < -0.3 is 14.7 Å². The molecule has 1 heterocycles. The molecule has 1 aliphatic heterocycles. The first-order valence-electron chi connectivity index (χ1n) is 6.36. The van der Waals surface area contributed by atoms with Crippen LogP contribution in [0.4, 0.5) is 9.59 Å². The van der Waals surface area contributed by atoms with Gasteiger partial charge in [0.05, 0.1) is 6.54 Å². The fraction of sp³-hybridized carbons (Fsp3) is 0.385. The zero-order valence-electron chi connectivity index (χ0n) is 11.0. The van der Waals surface area contributed by atoms with Gasteiger partial charge in [0.25, 0.3) is 0 Å². The number of nitrogens with one attached hydrogen (secondary N) is 1. The van der Waals surface area contributed by atoms with Crippen LogP contribution in [0.25, 0.3) is 0 Å². The highest BCUT2D eigenvalue weighted by Crippen LogP contribution is 2.04. The van der Waals surface area contributed by atoms with Gasteiger partial charge in [0.2, 0.25) is 0 Å². The maximum absolute atomic E-state index is 11.9. The van der Waals surface area contributed by atoms with Gasteiger partial charge in [-0.2, -0.15) is 0 Å². The van der Waals surface area contributed by atoms with Crippen molar-refractivity contribution in [1.29, 1.82) is 0 Å². The van der Waals surface area contributed by atoms with Gasteiger partial charge in [0.15, 0.2) is 0 Å². The number of hydrogen-bond acceptors (Lipinski definition) is 4. The van der Waals surface area contributed by atoms with Crippen LogP contribution in [-0.4, -0.2) is 53.4 Å². The van der Waals surface area contributed by atoms with Crippen LogP contribution in [0.1, 0.15) is 5.56 Å². The van der Waals surface area contributed by atoms with Crippen molar-refractivity contribution in [3.63, 3.8) is 0 Å². The van der Waals surface area contributed by atoms with Crippen molar-refractivity contribution in [2.75, 3.05) is 26.2 Å². The van der Waals surface area contributed by atoms with E-state index in [0.717, 1.165) is 10.6 Å². The van der Waals surface area contributed by atoms with E-state index >= 15 is 0 Å². The second-order valence-corrected chi connectivity index (χ2v) is 4.37. The van der Waals surface area contributed by atoms with Crippen LogP contribution in [0.5, 0.6) is 0 Å². The van der Waals surface area contributed by atoms with Crippen LogP contribution in [0.3, 0.4) is 0 Å². The largest absolute Gasteiger partial charge is 0.464 e. The van der Waals surface area contributed by atoms with E-state index in [1.54, 1.807) is 0 Å². The first kappa shape index (κ1) is 14.1. The van der Waals surface area contributed by atoms with Crippen LogP contribution in [0.15, 0.2) is 30.3 Å². The Hall–Kier alpha value is -2.28. The van der Waals surface area contributed by atoms with Gasteiger partial charge in [-0.05, 0) is 5.56 Å². The number of nitrogens with zero attached hydrogens (tertiary/aromatic N) is 2. The number of hydrazine groups is 1. The zero-order chi connectivity index (χ0) is 14.4. The molecule has 0 atom stereocenters. The van der Waals surface area contributed by atoms with Crippen LogP contribution >= 0.6 is 0 Å². The summed E-state index contributed by atoms with van der Waals surface area (Å²) in [6, 6.07) is 9.41. The number of rotatable bonds is 2. The van der Waals surface area contributed by atoms with E-state index in [-0.39, 0.29) is 13.2 Å². The minimum atomic E-state index is -1.05. The van der Waals surface area contributed by atoms with Crippen molar-refractivity contribution in [3.8, 4) is 0 Å². The summed E-state index contributed by atoms with van der Waals surface area (Å²) in [5.74, 6) is 0. The number of carbonyl (C=O) groups is 2. The Kier molecular flexibility index (Phi) is 4.78. The Labute approximate surface area is 116 Å². The van der Waals surface area contributed by atoms with Gasteiger partial charge in [-0.1, -0.05) is 30.3 Å². The van der Waals surface area contributed by atoms with Crippen molar-refractivity contribution in [3.05, 3.63) is 35.9 Å². The molecule has 0 bridgehead atoms. The Morgan fingerprint density at radius 2 is 1.95 bits per heavy atom. The third-order valence-corrected chi connectivity index (χ3v) is 2.97. The SMILES string of the molecule is O=C(OCc1ccccc1)N1CCNN(C(=O)O)CC1. The Morgan fingerprint density at radius 3 is 2.65 bits per heavy atom. The molecule has 1 saturated heterocycles. The number of amides is 2. The van der Waals surface area contributed by atoms with E-state index in [1.807, 2.05) is 30.3 Å². The topological polar surface area (TPSA) is 82.1 Å². The van der Waals surface area contributed by atoms with Crippen molar-refractivity contribution < 1.29 is 19.4 Å². The normalized spacial score (nSPS) is 15.6. The van der Waals surface area contributed by atoms with Crippen LogP contribution < -0.4 is 5.43 Å². The summed E-state index contributed by atoms with van der Waals surface area (Å²) >= 11 is 0. The second-order valence-electron chi connectivity index (χ2n) is 4.37.